The predicted molar refractivity (Wildman–Crippen MR) is 61.1 cm³/mol. The van der Waals surface area contributed by atoms with Gasteiger partial charge in [-0.25, -0.2) is 4.39 Å². The summed E-state index contributed by atoms with van der Waals surface area (Å²) in [6, 6.07) is 3.06. The summed E-state index contributed by atoms with van der Waals surface area (Å²) in [5, 5.41) is 0.0851. The van der Waals surface area contributed by atoms with Crippen LogP contribution in [0.3, 0.4) is 0 Å². The van der Waals surface area contributed by atoms with Crippen molar-refractivity contribution in [2.45, 2.75) is 24.3 Å². The highest BCUT2D eigenvalue weighted by atomic mass is 35.5. The van der Waals surface area contributed by atoms with Gasteiger partial charge in [0.1, 0.15) is 5.82 Å². The summed E-state index contributed by atoms with van der Waals surface area (Å²) in [5.74, 6) is 0.0235. The van der Waals surface area contributed by atoms with Gasteiger partial charge in [-0.1, -0.05) is 11.6 Å². The number of hydrogen-bond acceptors (Lipinski definition) is 2. The fraction of sp³-hybridized carbons (Fsp3) is 0.364. The zero-order valence-corrected chi connectivity index (χ0v) is 10.0. The maximum atomic E-state index is 13.6. The van der Waals surface area contributed by atoms with E-state index in [2.05, 4.69) is 0 Å². The molecule has 0 fully saturated rings. The minimum atomic E-state index is -0.465. The number of ketones is 1. The first-order valence-electron chi connectivity index (χ1n) is 4.59. The lowest BCUT2D eigenvalue weighted by Crippen LogP contribution is -2.32. The van der Waals surface area contributed by atoms with Crippen LogP contribution in [0.25, 0.3) is 0 Å². The molecule has 1 aliphatic heterocycles. The number of hydrogen-bond donors (Lipinski definition) is 0. The minimum absolute atomic E-state index is 0.0238. The molecule has 4 heteroatoms. The van der Waals surface area contributed by atoms with E-state index in [4.69, 9.17) is 11.6 Å². The van der Waals surface area contributed by atoms with Crippen molar-refractivity contribution in [3.8, 4) is 0 Å². The lowest BCUT2D eigenvalue weighted by atomic mass is 9.95. The molecule has 0 atom stereocenters. The highest BCUT2D eigenvalue weighted by Gasteiger charge is 2.36. The van der Waals surface area contributed by atoms with Crippen LogP contribution >= 0.6 is 23.4 Å². The van der Waals surface area contributed by atoms with Crippen molar-refractivity contribution in [1.29, 1.82) is 0 Å². The zero-order chi connectivity index (χ0) is 11.2. The number of Topliss-reactive ketones (excluding diaryl/α,β-unsaturated/α-hetero) is 1. The van der Waals surface area contributed by atoms with Crippen LogP contribution in [0.4, 0.5) is 4.39 Å². The highest BCUT2D eigenvalue weighted by Crippen LogP contribution is 2.40. The van der Waals surface area contributed by atoms with Gasteiger partial charge in [-0.2, -0.15) is 0 Å². The first-order valence-corrected chi connectivity index (χ1v) is 5.95. The molecule has 1 aromatic carbocycles. The molecule has 0 saturated carbocycles. The Hall–Kier alpha value is -0.540. The third-order valence-corrected chi connectivity index (χ3v) is 4.20. The first kappa shape index (κ1) is 11.0. The molecule has 0 aliphatic carbocycles. The van der Waals surface area contributed by atoms with Crippen molar-refractivity contribution in [3.63, 3.8) is 0 Å². The smallest absolute Gasteiger partial charge is 0.178 e. The standard InChI is InChI=1S/C11H10ClFOS/c1-11(2)10(14)6-3-4-8(12)9(13)7(6)5-15-11/h3-4H,5H2,1-2H3. The van der Waals surface area contributed by atoms with Crippen LogP contribution < -0.4 is 0 Å². The molecule has 0 N–H and O–H groups in total. The van der Waals surface area contributed by atoms with Gasteiger partial charge in [0.25, 0.3) is 0 Å². The molecule has 1 nitrogen and oxygen atoms in total. The zero-order valence-electron chi connectivity index (χ0n) is 8.43. The number of fused-ring (bicyclic) bond motifs is 1. The van der Waals surface area contributed by atoms with Crippen LogP contribution in [0, 0.1) is 5.82 Å². The molecule has 0 bridgehead atoms. The van der Waals surface area contributed by atoms with Gasteiger partial charge in [0.2, 0.25) is 0 Å². The molecular weight excluding hydrogens is 235 g/mol. The minimum Gasteiger partial charge on any atom is -0.293 e. The monoisotopic (exact) mass is 244 g/mol. The van der Waals surface area contributed by atoms with Gasteiger partial charge in [-0.3, -0.25) is 4.79 Å². The molecule has 0 radical (unpaired) electrons. The molecule has 0 aromatic heterocycles. The summed E-state index contributed by atoms with van der Waals surface area (Å²) in [4.78, 5) is 12.0. The van der Waals surface area contributed by atoms with Gasteiger partial charge in [0, 0.05) is 16.9 Å². The number of rotatable bonds is 0. The van der Waals surface area contributed by atoms with Crippen LogP contribution in [0.15, 0.2) is 12.1 Å². The largest absolute Gasteiger partial charge is 0.293 e. The number of thioether (sulfide) groups is 1. The third kappa shape index (κ3) is 1.68. The van der Waals surface area contributed by atoms with Crippen molar-refractivity contribution in [2.75, 3.05) is 0 Å². The Labute approximate surface area is 97.0 Å². The Balaban J connectivity index is 2.61. The lowest BCUT2D eigenvalue weighted by molar-refractivity contribution is 0.0954. The van der Waals surface area contributed by atoms with E-state index in [9.17, 15) is 9.18 Å². The lowest BCUT2D eigenvalue weighted by Gasteiger charge is -2.29. The fourth-order valence-corrected chi connectivity index (χ4v) is 2.79. The average Bonchev–Trinajstić information content (AvgIpc) is 2.17. The van der Waals surface area contributed by atoms with E-state index in [-0.39, 0.29) is 10.8 Å². The second kappa shape index (κ2) is 3.49. The van der Waals surface area contributed by atoms with Crippen molar-refractivity contribution in [3.05, 3.63) is 34.1 Å². The summed E-state index contributed by atoms with van der Waals surface area (Å²) in [5.41, 5.74) is 0.914. The number of carbonyl (C=O) groups is 1. The second-order valence-electron chi connectivity index (χ2n) is 4.02. The van der Waals surface area contributed by atoms with Crippen molar-refractivity contribution >= 4 is 29.1 Å². The normalized spacial score (nSPS) is 18.8. The molecule has 0 saturated heterocycles. The summed E-state index contributed by atoms with van der Waals surface area (Å²) >= 11 is 7.11. The van der Waals surface area contributed by atoms with E-state index < -0.39 is 10.6 Å². The van der Waals surface area contributed by atoms with Crippen molar-refractivity contribution in [2.24, 2.45) is 0 Å². The molecule has 0 unspecified atom stereocenters. The second-order valence-corrected chi connectivity index (χ2v) is 6.02. The quantitative estimate of drug-likeness (QED) is 0.693. The molecule has 0 spiro atoms. The maximum Gasteiger partial charge on any atom is 0.178 e. The molecule has 15 heavy (non-hydrogen) atoms. The third-order valence-electron chi connectivity index (χ3n) is 2.56. The van der Waals surface area contributed by atoms with Gasteiger partial charge < -0.3 is 0 Å². The van der Waals surface area contributed by atoms with Gasteiger partial charge in [-0.05, 0) is 26.0 Å². The van der Waals surface area contributed by atoms with Gasteiger partial charge in [-0.15, -0.1) is 11.8 Å². The van der Waals surface area contributed by atoms with Gasteiger partial charge in [0.05, 0.1) is 9.77 Å². The van der Waals surface area contributed by atoms with Crippen LogP contribution in [-0.4, -0.2) is 10.5 Å². The Morgan fingerprint density at radius 2 is 2.13 bits per heavy atom. The molecule has 80 valence electrons. The predicted octanol–water partition coefficient (Wildman–Crippen LogP) is 3.69. The molecule has 1 heterocycles. The summed E-state index contributed by atoms with van der Waals surface area (Å²) in [6.45, 7) is 3.71. The van der Waals surface area contributed by atoms with E-state index in [0.29, 0.717) is 16.9 Å². The molecule has 1 aliphatic rings. The van der Waals surface area contributed by atoms with E-state index in [0.717, 1.165) is 0 Å². The first-order chi connectivity index (χ1) is 6.93. The average molecular weight is 245 g/mol. The Morgan fingerprint density at radius 3 is 2.80 bits per heavy atom. The van der Waals surface area contributed by atoms with Gasteiger partial charge in [0.15, 0.2) is 5.78 Å². The fourth-order valence-electron chi connectivity index (χ4n) is 1.59. The van der Waals surface area contributed by atoms with Gasteiger partial charge >= 0.3 is 0 Å². The maximum absolute atomic E-state index is 13.6. The molecule has 2 rings (SSSR count). The van der Waals surface area contributed by atoms with Crippen LogP contribution in [0.1, 0.15) is 29.8 Å². The summed E-state index contributed by atoms with van der Waals surface area (Å²) in [6.07, 6.45) is 0. The van der Waals surface area contributed by atoms with Crippen molar-refractivity contribution < 1.29 is 9.18 Å². The van der Waals surface area contributed by atoms with Crippen LogP contribution in [0.2, 0.25) is 5.02 Å². The van der Waals surface area contributed by atoms with E-state index in [1.54, 1.807) is 6.07 Å². The Bertz CT molecular complexity index is 442. The van der Waals surface area contributed by atoms with Crippen LogP contribution in [0.5, 0.6) is 0 Å². The number of halogens is 2. The van der Waals surface area contributed by atoms with E-state index >= 15 is 0 Å². The summed E-state index contributed by atoms with van der Waals surface area (Å²) < 4.78 is 13.1. The Kier molecular flexibility index (Phi) is 2.55. The topological polar surface area (TPSA) is 17.1 Å². The SMILES string of the molecule is CC1(C)SCc2c(ccc(Cl)c2F)C1=O. The molecular formula is C11H10ClFOS. The Morgan fingerprint density at radius 1 is 1.47 bits per heavy atom. The van der Waals surface area contributed by atoms with Crippen molar-refractivity contribution in [1.82, 2.24) is 0 Å². The van der Waals surface area contributed by atoms with E-state index in [1.165, 1.54) is 17.8 Å². The number of benzene rings is 1. The highest BCUT2D eigenvalue weighted by molar-refractivity contribution is 8.00. The molecule has 1 aromatic rings. The van der Waals surface area contributed by atoms with Crippen LogP contribution in [-0.2, 0) is 5.75 Å². The summed E-state index contributed by atoms with van der Waals surface area (Å²) in [7, 11) is 0. The number of carbonyl (C=O) groups excluding carboxylic acids is 1. The van der Waals surface area contributed by atoms with E-state index in [1.807, 2.05) is 13.8 Å². The molecule has 0 amide bonds.